The average Bonchev–Trinajstić information content (AvgIpc) is 2.68. The Kier molecular flexibility index (Phi) is 6.64. The van der Waals surface area contributed by atoms with Crippen molar-refractivity contribution >= 4 is 39.9 Å². The zero-order valence-corrected chi connectivity index (χ0v) is 16.6. The summed E-state index contributed by atoms with van der Waals surface area (Å²) in [7, 11) is 0. The molecule has 0 aliphatic rings. The number of benzene rings is 3. The van der Waals surface area contributed by atoms with E-state index in [1.54, 1.807) is 0 Å². The first-order chi connectivity index (χ1) is 13.1. The fourth-order valence-electron chi connectivity index (χ4n) is 2.43. The summed E-state index contributed by atoms with van der Waals surface area (Å²) in [6, 6.07) is 21.3. The van der Waals surface area contributed by atoms with Gasteiger partial charge in [0.05, 0.1) is 0 Å². The summed E-state index contributed by atoms with van der Waals surface area (Å²) in [6.07, 6.45) is 0. The lowest BCUT2D eigenvalue weighted by atomic mass is 10.2. The van der Waals surface area contributed by atoms with Crippen molar-refractivity contribution in [1.29, 1.82) is 0 Å². The summed E-state index contributed by atoms with van der Waals surface area (Å²) in [6.45, 7) is 0.453. The van der Waals surface area contributed by atoms with E-state index in [1.165, 1.54) is 27.8 Å². The van der Waals surface area contributed by atoms with Crippen molar-refractivity contribution in [2.24, 2.45) is 0 Å². The van der Waals surface area contributed by atoms with Gasteiger partial charge in [-0.25, -0.2) is 4.39 Å². The number of hydrogen-bond acceptors (Lipinski definition) is 3. The molecule has 0 radical (unpaired) electrons. The highest BCUT2D eigenvalue weighted by Crippen LogP contribution is 2.20. The molecule has 4 nitrogen and oxygen atoms in total. The number of amides is 1. The number of ether oxygens (including phenoxy) is 1. The van der Waals surface area contributed by atoms with Crippen molar-refractivity contribution in [2.45, 2.75) is 6.54 Å². The van der Waals surface area contributed by atoms with Gasteiger partial charge in [-0.15, -0.1) is 0 Å². The lowest BCUT2D eigenvalue weighted by Gasteiger charge is -2.13. The maximum Gasteiger partial charge on any atom is 0.262 e. The molecular formula is C21H18FIN2O2. The maximum atomic E-state index is 12.9. The van der Waals surface area contributed by atoms with Crippen LogP contribution in [0.4, 0.5) is 15.8 Å². The second-order valence-corrected chi connectivity index (χ2v) is 7.06. The molecule has 0 aromatic heterocycles. The van der Waals surface area contributed by atoms with Gasteiger partial charge in [0.15, 0.2) is 6.61 Å². The molecule has 138 valence electrons. The van der Waals surface area contributed by atoms with Gasteiger partial charge in [-0.3, -0.25) is 4.79 Å². The van der Waals surface area contributed by atoms with Crippen molar-refractivity contribution in [3.63, 3.8) is 0 Å². The molecule has 0 unspecified atom stereocenters. The van der Waals surface area contributed by atoms with Gasteiger partial charge in [0.2, 0.25) is 0 Å². The summed E-state index contributed by atoms with van der Waals surface area (Å²) in [5, 5.41) is 6.02. The Hall–Kier alpha value is -2.61. The first-order valence-corrected chi connectivity index (χ1v) is 9.43. The van der Waals surface area contributed by atoms with E-state index >= 15 is 0 Å². The molecule has 3 rings (SSSR count). The molecule has 0 bridgehead atoms. The van der Waals surface area contributed by atoms with Gasteiger partial charge in [-0.05, 0) is 77.2 Å². The Labute approximate surface area is 170 Å². The van der Waals surface area contributed by atoms with Gasteiger partial charge < -0.3 is 15.4 Å². The summed E-state index contributed by atoms with van der Waals surface area (Å²) in [4.78, 5) is 12.0. The molecule has 0 saturated heterocycles. The van der Waals surface area contributed by atoms with Crippen LogP contribution < -0.4 is 15.4 Å². The van der Waals surface area contributed by atoms with Gasteiger partial charge in [0.25, 0.3) is 5.91 Å². The zero-order chi connectivity index (χ0) is 19.1. The van der Waals surface area contributed by atoms with E-state index in [-0.39, 0.29) is 18.3 Å². The van der Waals surface area contributed by atoms with Crippen molar-refractivity contribution in [2.75, 3.05) is 17.2 Å². The summed E-state index contributed by atoms with van der Waals surface area (Å²) in [5.41, 5.74) is 2.49. The Morgan fingerprint density at radius 2 is 1.59 bits per heavy atom. The van der Waals surface area contributed by atoms with Crippen LogP contribution in [-0.2, 0) is 11.3 Å². The fraction of sp³-hybridized carbons (Fsp3) is 0.0952. The second-order valence-electron chi connectivity index (χ2n) is 5.81. The third-order valence-corrected chi connectivity index (χ3v) is 4.51. The van der Waals surface area contributed by atoms with E-state index in [2.05, 4.69) is 33.2 Å². The van der Waals surface area contributed by atoms with E-state index in [4.69, 9.17) is 4.74 Å². The number of carbonyl (C=O) groups is 1. The van der Waals surface area contributed by atoms with Gasteiger partial charge in [0, 0.05) is 27.1 Å². The predicted octanol–water partition coefficient (Wildman–Crippen LogP) is 5.06. The quantitative estimate of drug-likeness (QED) is 0.469. The standard InChI is InChI=1S/C21H18FIN2O2/c22-16-5-9-19(10-6-16)25-21(26)14-27-20-4-2-1-3-15(20)13-24-18-11-7-17(23)8-12-18/h1-12,24H,13-14H2,(H,25,26). The minimum atomic E-state index is -0.348. The molecule has 0 spiro atoms. The van der Waals surface area contributed by atoms with Crippen LogP contribution in [0, 0.1) is 9.39 Å². The first kappa shape index (κ1) is 19.2. The van der Waals surface area contributed by atoms with Crippen LogP contribution in [0.15, 0.2) is 72.8 Å². The van der Waals surface area contributed by atoms with E-state index in [0.29, 0.717) is 18.0 Å². The lowest BCUT2D eigenvalue weighted by Crippen LogP contribution is -2.20. The molecule has 27 heavy (non-hydrogen) atoms. The normalized spacial score (nSPS) is 10.3. The third-order valence-electron chi connectivity index (χ3n) is 3.79. The first-order valence-electron chi connectivity index (χ1n) is 8.36. The Morgan fingerprint density at radius 1 is 0.926 bits per heavy atom. The predicted molar refractivity (Wildman–Crippen MR) is 113 cm³/mol. The van der Waals surface area contributed by atoms with Crippen molar-refractivity contribution < 1.29 is 13.9 Å². The molecule has 0 atom stereocenters. The number of nitrogens with one attached hydrogen (secondary N) is 2. The molecule has 0 fully saturated rings. The smallest absolute Gasteiger partial charge is 0.262 e. The van der Waals surface area contributed by atoms with E-state index in [0.717, 1.165) is 11.3 Å². The highest BCUT2D eigenvalue weighted by Gasteiger charge is 2.07. The fourth-order valence-corrected chi connectivity index (χ4v) is 2.79. The van der Waals surface area contributed by atoms with Gasteiger partial charge in [-0.2, -0.15) is 0 Å². The Balaban J connectivity index is 1.56. The number of rotatable bonds is 7. The Bertz CT molecular complexity index is 899. The monoisotopic (exact) mass is 476 g/mol. The molecule has 0 heterocycles. The molecule has 0 aliphatic carbocycles. The summed E-state index contributed by atoms with van der Waals surface area (Å²) < 4.78 is 19.8. The molecular weight excluding hydrogens is 458 g/mol. The molecule has 6 heteroatoms. The van der Waals surface area contributed by atoms with Crippen LogP contribution in [0.1, 0.15) is 5.56 Å². The second kappa shape index (κ2) is 9.36. The van der Waals surface area contributed by atoms with Crippen LogP contribution in [0.2, 0.25) is 0 Å². The Morgan fingerprint density at radius 3 is 2.33 bits per heavy atom. The molecule has 0 aliphatic heterocycles. The van der Waals surface area contributed by atoms with Gasteiger partial charge in [-0.1, -0.05) is 18.2 Å². The number of halogens is 2. The van der Waals surface area contributed by atoms with E-state index in [9.17, 15) is 9.18 Å². The average molecular weight is 476 g/mol. The molecule has 3 aromatic carbocycles. The van der Waals surface area contributed by atoms with Crippen molar-refractivity contribution in [3.05, 3.63) is 87.7 Å². The molecule has 1 amide bonds. The van der Waals surface area contributed by atoms with Crippen molar-refractivity contribution in [1.82, 2.24) is 0 Å². The molecule has 2 N–H and O–H groups in total. The van der Waals surface area contributed by atoms with Crippen LogP contribution in [0.3, 0.4) is 0 Å². The summed E-state index contributed by atoms with van der Waals surface area (Å²) >= 11 is 2.26. The minimum absolute atomic E-state index is 0.127. The highest BCUT2D eigenvalue weighted by molar-refractivity contribution is 14.1. The van der Waals surface area contributed by atoms with Crippen LogP contribution >= 0.6 is 22.6 Å². The SMILES string of the molecule is O=C(COc1ccccc1CNc1ccc(I)cc1)Nc1ccc(F)cc1. The molecule has 3 aromatic rings. The molecule has 0 saturated carbocycles. The minimum Gasteiger partial charge on any atom is -0.483 e. The zero-order valence-electron chi connectivity index (χ0n) is 14.4. The van der Waals surface area contributed by atoms with Gasteiger partial charge in [0.1, 0.15) is 11.6 Å². The summed E-state index contributed by atoms with van der Waals surface area (Å²) in [5.74, 6) is -0.00872. The van der Waals surface area contributed by atoms with E-state index in [1.807, 2.05) is 48.5 Å². The largest absolute Gasteiger partial charge is 0.483 e. The lowest BCUT2D eigenvalue weighted by molar-refractivity contribution is -0.118. The number of carbonyl (C=O) groups excluding carboxylic acids is 1. The highest BCUT2D eigenvalue weighted by atomic mass is 127. The third kappa shape index (κ3) is 5.96. The number of anilines is 2. The van der Waals surface area contributed by atoms with Crippen LogP contribution in [-0.4, -0.2) is 12.5 Å². The maximum absolute atomic E-state index is 12.9. The van der Waals surface area contributed by atoms with Crippen LogP contribution in [0.5, 0.6) is 5.75 Å². The number of hydrogen-bond donors (Lipinski definition) is 2. The van der Waals surface area contributed by atoms with Crippen LogP contribution in [0.25, 0.3) is 0 Å². The van der Waals surface area contributed by atoms with E-state index < -0.39 is 0 Å². The topological polar surface area (TPSA) is 50.4 Å². The van der Waals surface area contributed by atoms with Crippen molar-refractivity contribution in [3.8, 4) is 5.75 Å². The van der Waals surface area contributed by atoms with Gasteiger partial charge >= 0.3 is 0 Å². The number of para-hydroxylation sites is 1.